The standard InChI is InChI=1S/2C12H13.2C6H5.2ClH.Si.Zr/c2*1-8-6-11-9(2)4-5-10(3)12(11)7-8;2*1-2-4-6-5-3-1;;;;/h2*4-7H,1-3H3;2*1-5H;2*1H;;/q4*-1;;;;. The van der Waals surface area contributed by atoms with E-state index >= 15 is 0 Å². The Hall–Kier alpha value is -2.22. The van der Waals surface area contributed by atoms with Crippen LogP contribution in [0, 0.1) is 53.7 Å². The Morgan fingerprint density at radius 2 is 0.800 bits per heavy atom. The molecule has 0 amide bonds. The number of aryl methyl sites for hydroxylation is 6. The van der Waals surface area contributed by atoms with Crippen molar-refractivity contribution in [2.75, 3.05) is 0 Å². The minimum absolute atomic E-state index is 0. The van der Waals surface area contributed by atoms with Gasteiger partial charge in [0.25, 0.3) is 0 Å². The third kappa shape index (κ3) is 12.1. The predicted octanol–water partition coefficient (Wildman–Crippen LogP) is 10.4. The van der Waals surface area contributed by atoms with Gasteiger partial charge in [0.15, 0.2) is 0 Å². The minimum Gasteiger partial charge on any atom is -0.184 e. The maximum Gasteiger partial charge on any atom is -0.171 e. The van der Waals surface area contributed by atoms with Crippen LogP contribution in [0.3, 0.4) is 0 Å². The number of benzene rings is 4. The first-order valence-corrected chi connectivity index (χ1v) is 16.9. The van der Waals surface area contributed by atoms with Gasteiger partial charge >= 0.3 is 30.2 Å². The van der Waals surface area contributed by atoms with E-state index < -0.39 is 0 Å². The van der Waals surface area contributed by atoms with E-state index in [0.29, 0.717) is 0 Å². The molecule has 0 N–H and O–H groups in total. The summed E-state index contributed by atoms with van der Waals surface area (Å²) in [6.07, 6.45) is 0. The van der Waals surface area contributed by atoms with Gasteiger partial charge < -0.3 is 0 Å². The molecule has 40 heavy (non-hydrogen) atoms. The molecular weight excluding hydrogens is 623 g/mol. The Kier molecular flexibility index (Phi) is 19.5. The van der Waals surface area contributed by atoms with E-state index in [9.17, 15) is 0 Å². The summed E-state index contributed by atoms with van der Waals surface area (Å²) in [7, 11) is 0. The molecule has 2 radical (unpaired) electrons. The summed E-state index contributed by atoms with van der Waals surface area (Å²) in [4.78, 5) is 0. The second kappa shape index (κ2) is 20.6. The van der Waals surface area contributed by atoms with Crippen LogP contribution >= 0.6 is 24.8 Å². The zero-order chi connectivity index (χ0) is 27.9. The quantitative estimate of drug-likeness (QED) is 0.112. The molecule has 6 rings (SSSR count). The molecule has 0 spiro atoms. The van der Waals surface area contributed by atoms with Gasteiger partial charge in [-0.2, -0.15) is 84.9 Å². The summed E-state index contributed by atoms with van der Waals surface area (Å²) in [5.74, 6) is 0. The van der Waals surface area contributed by atoms with Crippen LogP contribution in [0.25, 0.3) is 21.5 Å². The maximum atomic E-state index is 3.06. The van der Waals surface area contributed by atoms with Crippen LogP contribution in [0.15, 0.2) is 109 Å². The van der Waals surface area contributed by atoms with E-state index in [-0.39, 0.29) is 24.8 Å². The van der Waals surface area contributed by atoms with E-state index in [1.54, 1.807) is 0 Å². The van der Waals surface area contributed by atoms with E-state index in [1.807, 2.05) is 60.7 Å². The van der Waals surface area contributed by atoms with E-state index in [0.717, 1.165) is 0 Å². The largest absolute Gasteiger partial charge is 0.184 e. The SMILES string of the molecule is Cc1cc2c(C)ccc(C)c2[cH-]1.Cc1cc2c(C)ccc(C)c2[cH-]1.Cl.Cl.[Si]=[Zr].[c-]1ccccc1.[c-]1ccccc1. The fourth-order valence-electron chi connectivity index (χ4n) is 4.15. The van der Waals surface area contributed by atoms with Crippen molar-refractivity contribution in [1.82, 2.24) is 0 Å². The average Bonchev–Trinajstić information content (AvgIpc) is 3.57. The third-order valence-electron chi connectivity index (χ3n) is 6.15. The van der Waals surface area contributed by atoms with E-state index in [2.05, 4.69) is 109 Å². The normalized spacial score (nSPS) is 9.03. The van der Waals surface area contributed by atoms with Crippen molar-refractivity contribution in [3.63, 3.8) is 0 Å². The molecule has 0 atom stereocenters. The average molecular weight is 661 g/mol. The molecular formula is C36H38Cl2SiZr-4. The molecule has 208 valence electrons. The molecule has 6 aromatic rings. The van der Waals surface area contributed by atoms with Crippen molar-refractivity contribution in [3.8, 4) is 0 Å². The van der Waals surface area contributed by atoms with Crippen LogP contribution in [-0.2, 0) is 23.3 Å². The van der Waals surface area contributed by atoms with Crippen molar-refractivity contribution in [1.29, 1.82) is 0 Å². The van der Waals surface area contributed by atoms with E-state index in [4.69, 9.17) is 0 Å². The Morgan fingerprint density at radius 1 is 0.500 bits per heavy atom. The molecule has 4 heteroatoms. The zero-order valence-corrected chi connectivity index (χ0v) is 29.3. The summed E-state index contributed by atoms with van der Waals surface area (Å²) < 4.78 is 0. The molecule has 0 bridgehead atoms. The summed E-state index contributed by atoms with van der Waals surface area (Å²) in [5, 5.41) is 5.64. The summed E-state index contributed by atoms with van der Waals surface area (Å²) in [5.41, 5.74) is 8.24. The first-order valence-electron chi connectivity index (χ1n) is 12.7. The molecule has 0 saturated heterocycles. The number of rotatable bonds is 0. The van der Waals surface area contributed by atoms with Crippen molar-refractivity contribution >= 4 is 53.2 Å². The van der Waals surface area contributed by atoms with E-state index in [1.165, 1.54) is 78.3 Å². The van der Waals surface area contributed by atoms with Gasteiger partial charge in [0.1, 0.15) is 0 Å². The zero-order valence-electron chi connectivity index (χ0n) is 24.2. The van der Waals surface area contributed by atoms with Crippen molar-refractivity contribution < 1.29 is 23.3 Å². The smallest absolute Gasteiger partial charge is 0.171 e. The first-order chi connectivity index (χ1) is 18.4. The van der Waals surface area contributed by atoms with Gasteiger partial charge in [-0.1, -0.05) is 51.0 Å². The number of fused-ring (bicyclic) bond motifs is 2. The molecule has 0 nitrogen and oxygen atoms in total. The van der Waals surface area contributed by atoms with Crippen LogP contribution in [-0.4, -0.2) is 6.88 Å². The maximum absolute atomic E-state index is 3.06. The second-order valence-electron chi connectivity index (χ2n) is 9.27. The van der Waals surface area contributed by atoms with Gasteiger partial charge in [0.2, 0.25) is 0 Å². The molecule has 0 aliphatic heterocycles. The third-order valence-corrected chi connectivity index (χ3v) is 6.15. The van der Waals surface area contributed by atoms with Gasteiger partial charge in [-0.25, -0.2) is 0 Å². The summed E-state index contributed by atoms with van der Waals surface area (Å²) >= 11 is 1.36. The van der Waals surface area contributed by atoms with Crippen LogP contribution in [0.1, 0.15) is 33.4 Å². The fraction of sp³-hybridized carbons (Fsp3) is 0.167. The second-order valence-corrected chi connectivity index (χ2v) is 9.27. The summed E-state index contributed by atoms with van der Waals surface area (Å²) in [6.45, 7) is 16.0. The molecule has 0 aliphatic rings. The Morgan fingerprint density at radius 3 is 1.02 bits per heavy atom. The van der Waals surface area contributed by atoms with Crippen LogP contribution < -0.4 is 0 Å². The summed E-state index contributed by atoms with van der Waals surface area (Å²) in [6, 6.07) is 42.8. The van der Waals surface area contributed by atoms with Crippen LogP contribution in [0.5, 0.6) is 0 Å². The number of hydrogen-bond donors (Lipinski definition) is 0. The molecule has 0 saturated carbocycles. The molecule has 0 unspecified atom stereocenters. The van der Waals surface area contributed by atoms with Crippen molar-refractivity contribution in [2.45, 2.75) is 41.5 Å². The topological polar surface area (TPSA) is 0 Å². The predicted molar refractivity (Wildman–Crippen MR) is 178 cm³/mol. The Bertz CT molecular complexity index is 1260. The van der Waals surface area contributed by atoms with Crippen molar-refractivity contribution in [3.05, 3.63) is 155 Å². The first kappa shape index (κ1) is 37.8. The monoisotopic (exact) mass is 658 g/mol. The van der Waals surface area contributed by atoms with Crippen molar-refractivity contribution in [2.24, 2.45) is 0 Å². The van der Waals surface area contributed by atoms with Crippen LogP contribution in [0.4, 0.5) is 0 Å². The van der Waals surface area contributed by atoms with Gasteiger partial charge in [0, 0.05) is 0 Å². The van der Waals surface area contributed by atoms with Crippen LogP contribution in [0.2, 0.25) is 0 Å². The Labute approximate surface area is 271 Å². The molecule has 0 aliphatic carbocycles. The molecule has 0 fully saturated rings. The van der Waals surface area contributed by atoms with Gasteiger partial charge in [0.05, 0.1) is 0 Å². The molecule has 6 aromatic carbocycles. The molecule has 0 aromatic heterocycles. The van der Waals surface area contributed by atoms with Gasteiger partial charge in [-0.15, -0.1) is 92.9 Å². The molecule has 0 heterocycles. The number of halogens is 2. The van der Waals surface area contributed by atoms with Gasteiger partial charge in [-0.3, -0.25) is 0 Å². The van der Waals surface area contributed by atoms with Gasteiger partial charge in [-0.05, 0) is 13.8 Å². The fourth-order valence-corrected chi connectivity index (χ4v) is 4.15. The number of hydrogen-bond acceptors (Lipinski definition) is 0. The minimum atomic E-state index is 0. The Balaban J connectivity index is 0.000000510.